The summed E-state index contributed by atoms with van der Waals surface area (Å²) >= 11 is 3.25. The van der Waals surface area contributed by atoms with Crippen LogP contribution < -0.4 is 5.32 Å². The maximum absolute atomic E-state index is 13.3. The molecule has 1 aromatic rings. The third-order valence-electron chi connectivity index (χ3n) is 4.48. The van der Waals surface area contributed by atoms with Gasteiger partial charge < -0.3 is 10.1 Å². The number of nitrogens with zero attached hydrogens (tertiary/aromatic N) is 2. The van der Waals surface area contributed by atoms with Gasteiger partial charge in [0, 0.05) is 25.0 Å². The van der Waals surface area contributed by atoms with Gasteiger partial charge >= 0.3 is 6.09 Å². The summed E-state index contributed by atoms with van der Waals surface area (Å²) in [5.74, 6) is 0. The maximum atomic E-state index is 13.3. The van der Waals surface area contributed by atoms with Gasteiger partial charge in [-0.1, -0.05) is 0 Å². The van der Waals surface area contributed by atoms with E-state index in [4.69, 9.17) is 4.74 Å². The lowest BCUT2D eigenvalue weighted by atomic mass is 9.74. The predicted molar refractivity (Wildman–Crippen MR) is 95.9 cm³/mol. The molecule has 0 radical (unpaired) electrons. The van der Waals surface area contributed by atoms with Crippen molar-refractivity contribution in [3.05, 3.63) is 22.4 Å². The third-order valence-corrected chi connectivity index (χ3v) is 7.31. The third kappa shape index (κ3) is 3.17. The standard InChI is InChI=1S/C16H22BrN3O4S/c1-10-11(5-6-12(17)19-10)25(22,23)13-16(7-18-8-16)9-20(13)14(21)24-15(2,3)4/h5-6,13,18H,7-9H2,1-4H3. The van der Waals surface area contributed by atoms with Crippen molar-refractivity contribution in [1.29, 1.82) is 0 Å². The summed E-state index contributed by atoms with van der Waals surface area (Å²) in [5.41, 5.74) is -0.719. The van der Waals surface area contributed by atoms with E-state index in [1.165, 1.54) is 11.0 Å². The Labute approximate surface area is 156 Å². The number of halogens is 1. The lowest BCUT2D eigenvalue weighted by molar-refractivity contribution is -0.0734. The Balaban J connectivity index is 1.96. The Hall–Kier alpha value is -1.19. The lowest BCUT2D eigenvalue weighted by Crippen LogP contribution is -2.79. The minimum atomic E-state index is -3.77. The molecular weight excluding hydrogens is 410 g/mol. The summed E-state index contributed by atoms with van der Waals surface area (Å²) in [6.07, 6.45) is -0.596. The first kappa shape index (κ1) is 18.6. The second-order valence-electron chi connectivity index (χ2n) is 7.69. The predicted octanol–water partition coefficient (Wildman–Crippen LogP) is 2.09. The van der Waals surface area contributed by atoms with Crippen LogP contribution in [0.2, 0.25) is 0 Å². The molecule has 2 aliphatic heterocycles. The fourth-order valence-corrected chi connectivity index (χ4v) is 6.12. The van der Waals surface area contributed by atoms with Crippen LogP contribution in [-0.2, 0) is 14.6 Å². The molecule has 9 heteroatoms. The number of pyridine rings is 1. The van der Waals surface area contributed by atoms with E-state index in [-0.39, 0.29) is 4.90 Å². The van der Waals surface area contributed by atoms with Crippen molar-refractivity contribution in [2.75, 3.05) is 19.6 Å². The van der Waals surface area contributed by atoms with Crippen LogP contribution in [0, 0.1) is 12.3 Å². The first-order valence-corrected chi connectivity index (χ1v) is 10.4. The zero-order valence-electron chi connectivity index (χ0n) is 14.7. The second-order valence-corrected chi connectivity index (χ2v) is 10.5. The molecule has 0 bridgehead atoms. The molecule has 2 saturated heterocycles. The van der Waals surface area contributed by atoms with Crippen molar-refractivity contribution in [2.45, 2.75) is 43.6 Å². The van der Waals surface area contributed by atoms with E-state index >= 15 is 0 Å². The normalized spacial score (nSPS) is 22.3. The number of aromatic nitrogens is 1. The summed E-state index contributed by atoms with van der Waals surface area (Å²) in [6.45, 7) is 8.45. The molecule has 0 aromatic carbocycles. The molecule has 25 heavy (non-hydrogen) atoms. The molecule has 3 heterocycles. The van der Waals surface area contributed by atoms with Crippen LogP contribution in [0.15, 0.2) is 21.6 Å². The quantitative estimate of drug-likeness (QED) is 0.721. The number of carbonyl (C=O) groups excluding carboxylic acids is 1. The maximum Gasteiger partial charge on any atom is 0.411 e. The van der Waals surface area contributed by atoms with Gasteiger partial charge in [0.25, 0.3) is 0 Å². The van der Waals surface area contributed by atoms with Gasteiger partial charge in [-0.3, -0.25) is 4.90 Å². The van der Waals surface area contributed by atoms with Gasteiger partial charge in [0.1, 0.15) is 10.2 Å². The van der Waals surface area contributed by atoms with E-state index < -0.39 is 32.3 Å². The van der Waals surface area contributed by atoms with Crippen LogP contribution in [0.25, 0.3) is 0 Å². The number of amides is 1. The minimum Gasteiger partial charge on any atom is -0.444 e. The highest BCUT2D eigenvalue weighted by molar-refractivity contribution is 9.10. The number of carbonyl (C=O) groups is 1. The average Bonchev–Trinajstić information content (AvgIpc) is 2.31. The molecule has 1 aromatic heterocycles. The molecule has 2 aliphatic rings. The molecule has 3 rings (SSSR count). The first-order chi connectivity index (χ1) is 11.5. The van der Waals surface area contributed by atoms with E-state index in [1.807, 2.05) is 0 Å². The van der Waals surface area contributed by atoms with Crippen LogP contribution >= 0.6 is 15.9 Å². The van der Waals surface area contributed by atoms with Crippen molar-refractivity contribution >= 4 is 31.9 Å². The number of rotatable bonds is 2. The van der Waals surface area contributed by atoms with Gasteiger partial charge in [0.15, 0.2) is 5.37 Å². The van der Waals surface area contributed by atoms with Crippen molar-refractivity contribution in [2.24, 2.45) is 5.41 Å². The molecule has 7 nitrogen and oxygen atoms in total. The topological polar surface area (TPSA) is 88.6 Å². The van der Waals surface area contributed by atoms with E-state index in [2.05, 4.69) is 26.2 Å². The fourth-order valence-electron chi connectivity index (χ4n) is 3.37. The van der Waals surface area contributed by atoms with Gasteiger partial charge in [0.05, 0.1) is 10.6 Å². The zero-order chi connectivity index (χ0) is 18.6. The van der Waals surface area contributed by atoms with E-state index in [1.54, 1.807) is 33.8 Å². The summed E-state index contributed by atoms with van der Waals surface area (Å²) in [6, 6.07) is 3.13. The average molecular weight is 432 g/mol. The highest BCUT2D eigenvalue weighted by Crippen LogP contribution is 2.46. The Morgan fingerprint density at radius 1 is 1.40 bits per heavy atom. The van der Waals surface area contributed by atoms with E-state index in [0.29, 0.717) is 29.9 Å². The Morgan fingerprint density at radius 2 is 2.04 bits per heavy atom. The lowest BCUT2D eigenvalue weighted by Gasteiger charge is -2.60. The van der Waals surface area contributed by atoms with Gasteiger partial charge in [0.2, 0.25) is 9.84 Å². The Kier molecular flexibility index (Phi) is 4.40. The highest BCUT2D eigenvalue weighted by atomic mass is 79.9. The molecule has 2 fully saturated rings. The smallest absolute Gasteiger partial charge is 0.411 e. The number of ether oxygens (including phenoxy) is 1. The molecule has 0 aliphatic carbocycles. The van der Waals surface area contributed by atoms with Crippen molar-refractivity contribution in [3.8, 4) is 0 Å². The first-order valence-electron chi connectivity index (χ1n) is 8.04. The highest BCUT2D eigenvalue weighted by Gasteiger charge is 2.64. The molecule has 1 spiro atoms. The van der Waals surface area contributed by atoms with Gasteiger partial charge in [-0.15, -0.1) is 0 Å². The molecular formula is C16H22BrN3O4S. The number of aryl methyl sites for hydroxylation is 1. The number of nitrogens with one attached hydrogen (secondary N) is 1. The van der Waals surface area contributed by atoms with E-state index in [0.717, 1.165) is 0 Å². The number of sulfone groups is 1. The molecule has 1 unspecified atom stereocenters. The second kappa shape index (κ2) is 5.92. The number of likely N-dealkylation sites (tertiary alicyclic amines) is 1. The summed E-state index contributed by atoms with van der Waals surface area (Å²) in [7, 11) is -3.77. The minimum absolute atomic E-state index is 0.153. The molecule has 1 amide bonds. The van der Waals surface area contributed by atoms with Crippen LogP contribution in [-0.4, -0.2) is 55.0 Å². The molecule has 0 saturated carbocycles. The molecule has 1 atom stereocenters. The fraction of sp³-hybridized carbons (Fsp3) is 0.625. The van der Waals surface area contributed by atoms with Crippen LogP contribution in [0.4, 0.5) is 4.79 Å². The van der Waals surface area contributed by atoms with Gasteiger partial charge in [-0.25, -0.2) is 18.2 Å². The Bertz CT molecular complexity index is 815. The number of hydrogen-bond donors (Lipinski definition) is 1. The summed E-state index contributed by atoms with van der Waals surface area (Å²) in [4.78, 5) is 18.2. The van der Waals surface area contributed by atoms with Crippen molar-refractivity contribution in [1.82, 2.24) is 15.2 Å². The monoisotopic (exact) mass is 431 g/mol. The SMILES string of the molecule is Cc1nc(Br)ccc1S(=O)(=O)C1N(C(=O)OC(C)(C)C)CC12CNC2. The zero-order valence-corrected chi connectivity index (χ0v) is 17.1. The Morgan fingerprint density at radius 3 is 2.52 bits per heavy atom. The van der Waals surface area contributed by atoms with Gasteiger partial charge in [-0.05, 0) is 55.8 Å². The largest absolute Gasteiger partial charge is 0.444 e. The van der Waals surface area contributed by atoms with Crippen LogP contribution in [0.1, 0.15) is 26.5 Å². The van der Waals surface area contributed by atoms with E-state index in [9.17, 15) is 13.2 Å². The van der Waals surface area contributed by atoms with Crippen molar-refractivity contribution in [3.63, 3.8) is 0 Å². The van der Waals surface area contributed by atoms with Crippen LogP contribution in [0.3, 0.4) is 0 Å². The molecule has 1 N–H and O–H groups in total. The van der Waals surface area contributed by atoms with Crippen molar-refractivity contribution < 1.29 is 17.9 Å². The summed E-state index contributed by atoms with van der Waals surface area (Å²) in [5, 5.41) is 2.19. The summed E-state index contributed by atoms with van der Waals surface area (Å²) < 4.78 is 32.6. The van der Waals surface area contributed by atoms with Gasteiger partial charge in [-0.2, -0.15) is 0 Å². The van der Waals surface area contributed by atoms with Crippen LogP contribution in [0.5, 0.6) is 0 Å². The molecule has 138 valence electrons. The number of hydrogen-bond acceptors (Lipinski definition) is 6.